The molecule has 2 N–H and O–H groups in total. The van der Waals surface area contributed by atoms with Crippen molar-refractivity contribution in [2.75, 3.05) is 19.8 Å². The van der Waals surface area contributed by atoms with Gasteiger partial charge in [0.1, 0.15) is 0 Å². The van der Waals surface area contributed by atoms with E-state index in [-0.39, 0.29) is 18.6 Å². The highest BCUT2D eigenvalue weighted by Gasteiger charge is 2.01. The number of ether oxygens (including phenoxy) is 1. The molecule has 0 aliphatic carbocycles. The van der Waals surface area contributed by atoms with E-state index in [1.165, 1.54) is 0 Å². The summed E-state index contributed by atoms with van der Waals surface area (Å²) in [5.74, 6) is 0.111. The molecule has 0 aliphatic rings. The third-order valence-corrected chi connectivity index (χ3v) is 2.41. The largest absolute Gasteiger partial charge is 0.396 e. The van der Waals surface area contributed by atoms with Gasteiger partial charge in [0.15, 0.2) is 0 Å². The summed E-state index contributed by atoms with van der Waals surface area (Å²) in [5, 5.41) is 11.5. The molecule has 0 saturated carbocycles. The third kappa shape index (κ3) is 13.3. The molecule has 4 heteroatoms. The first-order chi connectivity index (χ1) is 8.16. The highest BCUT2D eigenvalue weighted by atomic mass is 16.5. The average molecular weight is 245 g/mol. The quantitative estimate of drug-likeness (QED) is 0.546. The number of rotatable bonds is 11. The fourth-order valence-corrected chi connectivity index (χ4v) is 1.46. The van der Waals surface area contributed by atoms with Crippen molar-refractivity contribution in [2.24, 2.45) is 0 Å². The molecule has 0 aromatic carbocycles. The molecule has 1 amide bonds. The highest BCUT2D eigenvalue weighted by molar-refractivity contribution is 5.75. The Labute approximate surface area is 105 Å². The van der Waals surface area contributed by atoms with E-state index in [2.05, 4.69) is 5.32 Å². The molecule has 0 aromatic rings. The first-order valence-corrected chi connectivity index (χ1v) is 6.66. The van der Waals surface area contributed by atoms with Crippen LogP contribution in [-0.4, -0.2) is 36.9 Å². The number of aliphatic hydroxyl groups excluding tert-OH is 1. The number of unbranched alkanes of at least 4 members (excludes halogenated alkanes) is 3. The van der Waals surface area contributed by atoms with Crippen LogP contribution in [0, 0.1) is 0 Å². The second kappa shape index (κ2) is 11.9. The molecular formula is C13H27NO3. The van der Waals surface area contributed by atoms with Crippen molar-refractivity contribution in [2.45, 2.75) is 58.5 Å². The Morgan fingerprint density at radius 3 is 2.53 bits per heavy atom. The Balaban J connectivity index is 3.18. The van der Waals surface area contributed by atoms with Crippen molar-refractivity contribution >= 4 is 5.91 Å². The number of carbonyl (C=O) groups excluding carboxylic acids is 1. The van der Waals surface area contributed by atoms with Crippen molar-refractivity contribution in [3.05, 3.63) is 0 Å². The van der Waals surface area contributed by atoms with Gasteiger partial charge in [-0.3, -0.25) is 4.79 Å². The van der Waals surface area contributed by atoms with Gasteiger partial charge in [-0.15, -0.1) is 0 Å². The van der Waals surface area contributed by atoms with Gasteiger partial charge in [0.2, 0.25) is 5.91 Å². The van der Waals surface area contributed by atoms with Gasteiger partial charge in [-0.1, -0.05) is 12.8 Å². The Morgan fingerprint density at radius 1 is 1.18 bits per heavy atom. The summed E-state index contributed by atoms with van der Waals surface area (Å²) in [6.07, 6.45) is 5.53. The monoisotopic (exact) mass is 245 g/mol. The summed E-state index contributed by atoms with van der Waals surface area (Å²) < 4.78 is 5.36. The van der Waals surface area contributed by atoms with Gasteiger partial charge in [0, 0.05) is 26.2 Å². The van der Waals surface area contributed by atoms with E-state index in [1.54, 1.807) is 0 Å². The fraction of sp³-hybridized carbons (Fsp3) is 0.923. The van der Waals surface area contributed by atoms with Gasteiger partial charge >= 0.3 is 0 Å². The maximum Gasteiger partial charge on any atom is 0.220 e. The van der Waals surface area contributed by atoms with Crippen LogP contribution in [0.15, 0.2) is 0 Å². The molecule has 0 aromatic heterocycles. The minimum atomic E-state index is 0.111. The molecule has 0 rings (SSSR count). The number of aliphatic hydroxyl groups is 1. The minimum absolute atomic E-state index is 0.111. The molecule has 0 aliphatic heterocycles. The Morgan fingerprint density at radius 2 is 1.88 bits per heavy atom. The minimum Gasteiger partial charge on any atom is -0.396 e. The Hall–Kier alpha value is -0.610. The van der Waals surface area contributed by atoms with Crippen LogP contribution in [0.25, 0.3) is 0 Å². The number of hydrogen-bond donors (Lipinski definition) is 2. The summed E-state index contributed by atoms with van der Waals surface area (Å²) in [5.41, 5.74) is 0. The smallest absolute Gasteiger partial charge is 0.220 e. The van der Waals surface area contributed by atoms with Gasteiger partial charge in [-0.05, 0) is 33.1 Å². The molecule has 0 heterocycles. The molecule has 102 valence electrons. The normalized spacial score (nSPS) is 10.8. The Kier molecular flexibility index (Phi) is 11.4. The van der Waals surface area contributed by atoms with Crippen LogP contribution >= 0.6 is 0 Å². The SMILES string of the molecule is CC(C)OCCCC(=O)NCCCCCCO. The first kappa shape index (κ1) is 16.4. The predicted molar refractivity (Wildman–Crippen MR) is 68.9 cm³/mol. The number of amides is 1. The van der Waals surface area contributed by atoms with E-state index in [0.29, 0.717) is 13.0 Å². The summed E-state index contributed by atoms with van der Waals surface area (Å²) in [4.78, 5) is 11.4. The molecule has 0 fully saturated rings. The molecular weight excluding hydrogens is 218 g/mol. The lowest BCUT2D eigenvalue weighted by Crippen LogP contribution is -2.24. The first-order valence-electron chi connectivity index (χ1n) is 6.66. The van der Waals surface area contributed by atoms with Crippen LogP contribution < -0.4 is 5.32 Å². The molecule has 4 nitrogen and oxygen atoms in total. The third-order valence-electron chi connectivity index (χ3n) is 2.41. The highest BCUT2D eigenvalue weighted by Crippen LogP contribution is 1.98. The molecule has 0 saturated heterocycles. The van der Waals surface area contributed by atoms with Gasteiger partial charge in [0.05, 0.1) is 6.10 Å². The summed E-state index contributed by atoms with van der Waals surface area (Å²) in [6.45, 7) is 5.65. The molecule has 0 unspecified atom stereocenters. The predicted octanol–water partition coefficient (Wildman–Crippen LogP) is 1.86. The summed E-state index contributed by atoms with van der Waals surface area (Å²) in [6, 6.07) is 0. The zero-order valence-electron chi connectivity index (χ0n) is 11.2. The Bertz CT molecular complexity index is 184. The second-order valence-electron chi connectivity index (χ2n) is 4.51. The van der Waals surface area contributed by atoms with Gasteiger partial charge in [-0.2, -0.15) is 0 Å². The van der Waals surface area contributed by atoms with Crippen molar-refractivity contribution < 1.29 is 14.6 Å². The van der Waals surface area contributed by atoms with E-state index < -0.39 is 0 Å². The molecule has 0 atom stereocenters. The van der Waals surface area contributed by atoms with Crippen LogP contribution in [0.2, 0.25) is 0 Å². The van der Waals surface area contributed by atoms with E-state index in [0.717, 1.165) is 38.6 Å². The van der Waals surface area contributed by atoms with Gasteiger partial charge in [-0.25, -0.2) is 0 Å². The number of carbonyl (C=O) groups is 1. The fourth-order valence-electron chi connectivity index (χ4n) is 1.46. The average Bonchev–Trinajstić information content (AvgIpc) is 2.29. The van der Waals surface area contributed by atoms with Crippen LogP contribution in [-0.2, 0) is 9.53 Å². The van der Waals surface area contributed by atoms with Gasteiger partial charge in [0.25, 0.3) is 0 Å². The topological polar surface area (TPSA) is 58.6 Å². The number of hydrogen-bond acceptors (Lipinski definition) is 3. The standard InChI is InChI=1S/C13H27NO3/c1-12(2)17-11-7-8-13(16)14-9-5-3-4-6-10-15/h12,15H,3-11H2,1-2H3,(H,14,16). The van der Waals surface area contributed by atoms with Crippen LogP contribution in [0.5, 0.6) is 0 Å². The van der Waals surface area contributed by atoms with Gasteiger partial charge < -0.3 is 15.2 Å². The number of nitrogens with one attached hydrogen (secondary N) is 1. The van der Waals surface area contributed by atoms with Crippen LogP contribution in [0.4, 0.5) is 0 Å². The molecule has 0 spiro atoms. The molecule has 0 bridgehead atoms. The van der Waals surface area contributed by atoms with Crippen molar-refractivity contribution in [1.29, 1.82) is 0 Å². The molecule has 17 heavy (non-hydrogen) atoms. The van der Waals surface area contributed by atoms with Crippen LogP contribution in [0.1, 0.15) is 52.4 Å². The maximum absolute atomic E-state index is 11.4. The van der Waals surface area contributed by atoms with Crippen LogP contribution in [0.3, 0.4) is 0 Å². The van der Waals surface area contributed by atoms with E-state index in [9.17, 15) is 4.79 Å². The zero-order valence-corrected chi connectivity index (χ0v) is 11.2. The van der Waals surface area contributed by atoms with E-state index in [1.807, 2.05) is 13.8 Å². The van der Waals surface area contributed by atoms with Crippen molar-refractivity contribution in [1.82, 2.24) is 5.32 Å². The lowest BCUT2D eigenvalue weighted by Gasteiger charge is -2.07. The summed E-state index contributed by atoms with van der Waals surface area (Å²) >= 11 is 0. The van der Waals surface area contributed by atoms with E-state index in [4.69, 9.17) is 9.84 Å². The second-order valence-corrected chi connectivity index (χ2v) is 4.51. The summed E-state index contributed by atoms with van der Waals surface area (Å²) in [7, 11) is 0. The molecule has 0 radical (unpaired) electrons. The van der Waals surface area contributed by atoms with Crippen molar-refractivity contribution in [3.63, 3.8) is 0 Å². The zero-order chi connectivity index (χ0) is 12.9. The lowest BCUT2D eigenvalue weighted by atomic mass is 10.2. The lowest BCUT2D eigenvalue weighted by molar-refractivity contribution is -0.121. The van der Waals surface area contributed by atoms with Crippen molar-refractivity contribution in [3.8, 4) is 0 Å². The van der Waals surface area contributed by atoms with E-state index >= 15 is 0 Å². The maximum atomic E-state index is 11.4.